The van der Waals surface area contributed by atoms with Gasteiger partial charge >= 0.3 is 0 Å². The predicted octanol–water partition coefficient (Wildman–Crippen LogP) is 4.36. The molecule has 1 N–H and O–H groups in total. The number of fused-ring (bicyclic) bond motifs is 1. The Morgan fingerprint density at radius 2 is 1.76 bits per heavy atom. The highest BCUT2D eigenvalue weighted by atomic mass is 79.9. The summed E-state index contributed by atoms with van der Waals surface area (Å²) in [5.41, 5.74) is 2.14. The number of rotatable bonds is 7. The maximum absolute atomic E-state index is 12.6. The lowest BCUT2D eigenvalue weighted by atomic mass is 9.98. The summed E-state index contributed by atoms with van der Waals surface area (Å²) in [7, 11) is 1.64. The maximum atomic E-state index is 12.6. The van der Waals surface area contributed by atoms with Gasteiger partial charge < -0.3 is 23.9 Å². The van der Waals surface area contributed by atoms with Crippen molar-refractivity contribution in [2.24, 2.45) is 0 Å². The molecule has 7 heteroatoms. The highest BCUT2D eigenvalue weighted by Gasteiger charge is 2.20. The molecule has 0 fully saturated rings. The number of amides is 1. The molecule has 0 spiro atoms. The summed E-state index contributed by atoms with van der Waals surface area (Å²) >= 11 is 3.23. The third-order valence-electron chi connectivity index (χ3n) is 4.69. The minimum absolute atomic E-state index is 0.139. The number of halogens is 1. The maximum Gasteiger partial charge on any atom is 0.287 e. The number of nitrogens with one attached hydrogen (secondary N) is 1. The number of benzene rings is 2. The fourth-order valence-electron chi connectivity index (χ4n) is 3.27. The van der Waals surface area contributed by atoms with E-state index in [1.165, 1.54) is 0 Å². The zero-order chi connectivity index (χ0) is 20.2. The van der Waals surface area contributed by atoms with Crippen molar-refractivity contribution in [3.63, 3.8) is 0 Å². The van der Waals surface area contributed by atoms with Crippen LogP contribution < -0.4 is 19.5 Å². The quantitative estimate of drug-likeness (QED) is 0.570. The van der Waals surface area contributed by atoms with Crippen LogP contribution in [0, 0.1) is 0 Å². The summed E-state index contributed by atoms with van der Waals surface area (Å²) in [6.07, 6.45) is 1.29. The molecule has 0 radical (unpaired) electrons. The molecule has 2 aromatic carbocycles. The second kappa shape index (κ2) is 8.61. The van der Waals surface area contributed by atoms with Crippen molar-refractivity contribution in [3.8, 4) is 17.2 Å². The molecule has 1 aromatic heterocycles. The number of furan rings is 1. The summed E-state index contributed by atoms with van der Waals surface area (Å²) in [5.74, 6) is 2.28. The lowest BCUT2D eigenvalue weighted by molar-refractivity contribution is 0.0907. The lowest BCUT2D eigenvalue weighted by Gasteiger charge is -2.19. The van der Waals surface area contributed by atoms with E-state index < -0.39 is 0 Å². The number of carbonyl (C=O) groups excluding carboxylic acids is 1. The second-order valence-corrected chi connectivity index (χ2v) is 7.50. The van der Waals surface area contributed by atoms with Crippen LogP contribution in [-0.2, 0) is 12.8 Å². The molecule has 4 rings (SSSR count). The van der Waals surface area contributed by atoms with E-state index in [-0.39, 0.29) is 24.5 Å². The average Bonchev–Trinajstić information content (AvgIpc) is 3.37. The molecule has 0 saturated carbocycles. The van der Waals surface area contributed by atoms with Crippen molar-refractivity contribution in [1.82, 2.24) is 5.32 Å². The van der Waals surface area contributed by atoms with Crippen molar-refractivity contribution in [2.75, 3.05) is 13.9 Å². The Morgan fingerprint density at radius 1 is 1.03 bits per heavy atom. The van der Waals surface area contributed by atoms with Gasteiger partial charge in [0.1, 0.15) is 5.75 Å². The van der Waals surface area contributed by atoms with E-state index in [9.17, 15) is 4.79 Å². The van der Waals surface area contributed by atoms with Crippen LogP contribution in [0.15, 0.2) is 63.7 Å². The highest BCUT2D eigenvalue weighted by molar-refractivity contribution is 9.10. The number of carbonyl (C=O) groups is 1. The largest absolute Gasteiger partial charge is 0.497 e. The van der Waals surface area contributed by atoms with Crippen molar-refractivity contribution in [2.45, 2.75) is 18.9 Å². The molecule has 2 heterocycles. The SMILES string of the molecule is COc1ccc(CC(Cc2ccc3c(c2)OCO3)NC(=O)c2ccc(Br)o2)cc1. The first-order valence-electron chi connectivity index (χ1n) is 9.18. The van der Waals surface area contributed by atoms with Crippen LogP contribution in [0.4, 0.5) is 0 Å². The molecule has 1 aliphatic rings. The van der Waals surface area contributed by atoms with E-state index in [4.69, 9.17) is 18.6 Å². The zero-order valence-electron chi connectivity index (χ0n) is 15.8. The van der Waals surface area contributed by atoms with Crippen LogP contribution in [0.3, 0.4) is 0 Å². The third-order valence-corrected chi connectivity index (χ3v) is 5.12. The molecule has 0 aliphatic carbocycles. The van der Waals surface area contributed by atoms with Gasteiger partial charge in [0, 0.05) is 6.04 Å². The van der Waals surface area contributed by atoms with Crippen LogP contribution in [0.2, 0.25) is 0 Å². The summed E-state index contributed by atoms with van der Waals surface area (Å²) in [5, 5.41) is 3.08. The van der Waals surface area contributed by atoms with Crippen LogP contribution in [0.25, 0.3) is 0 Å². The van der Waals surface area contributed by atoms with Gasteiger partial charge in [-0.1, -0.05) is 18.2 Å². The van der Waals surface area contributed by atoms with E-state index in [0.717, 1.165) is 28.4 Å². The number of hydrogen-bond acceptors (Lipinski definition) is 5. The van der Waals surface area contributed by atoms with Gasteiger partial charge in [0.25, 0.3) is 5.91 Å². The Kier molecular flexibility index (Phi) is 5.76. The molecule has 0 saturated heterocycles. The van der Waals surface area contributed by atoms with E-state index in [2.05, 4.69) is 21.2 Å². The topological polar surface area (TPSA) is 69.9 Å². The Bertz CT molecular complexity index is 999. The zero-order valence-corrected chi connectivity index (χ0v) is 17.4. The molecule has 1 unspecified atom stereocenters. The first-order chi connectivity index (χ1) is 14.1. The first-order valence-corrected chi connectivity index (χ1v) is 9.97. The lowest BCUT2D eigenvalue weighted by Crippen LogP contribution is -2.38. The van der Waals surface area contributed by atoms with Crippen LogP contribution in [0.5, 0.6) is 17.2 Å². The van der Waals surface area contributed by atoms with Crippen LogP contribution in [-0.4, -0.2) is 25.9 Å². The monoisotopic (exact) mass is 457 g/mol. The predicted molar refractivity (Wildman–Crippen MR) is 111 cm³/mol. The van der Waals surface area contributed by atoms with Crippen molar-refractivity contribution in [3.05, 3.63) is 76.2 Å². The van der Waals surface area contributed by atoms with Gasteiger partial charge in [-0.2, -0.15) is 0 Å². The van der Waals surface area contributed by atoms with Crippen LogP contribution >= 0.6 is 15.9 Å². The van der Waals surface area contributed by atoms with Crippen molar-refractivity contribution < 1.29 is 23.4 Å². The molecule has 29 heavy (non-hydrogen) atoms. The number of methoxy groups -OCH3 is 1. The van der Waals surface area contributed by atoms with E-state index in [0.29, 0.717) is 17.5 Å². The highest BCUT2D eigenvalue weighted by Crippen LogP contribution is 2.33. The normalized spacial score (nSPS) is 13.2. The Labute approximate surface area is 176 Å². The average molecular weight is 458 g/mol. The minimum Gasteiger partial charge on any atom is -0.497 e. The molecular weight excluding hydrogens is 438 g/mol. The minimum atomic E-state index is -0.255. The number of ether oxygens (including phenoxy) is 3. The van der Waals surface area contributed by atoms with E-state index in [1.54, 1.807) is 19.2 Å². The molecule has 3 aromatic rings. The molecule has 6 nitrogen and oxygen atoms in total. The summed E-state index contributed by atoms with van der Waals surface area (Å²) < 4.78 is 22.0. The Morgan fingerprint density at radius 3 is 2.48 bits per heavy atom. The van der Waals surface area contributed by atoms with Crippen LogP contribution in [0.1, 0.15) is 21.7 Å². The van der Waals surface area contributed by atoms with E-state index >= 15 is 0 Å². The Balaban J connectivity index is 1.52. The van der Waals surface area contributed by atoms with Gasteiger partial charge in [-0.25, -0.2) is 0 Å². The van der Waals surface area contributed by atoms with Crippen molar-refractivity contribution in [1.29, 1.82) is 0 Å². The van der Waals surface area contributed by atoms with E-state index in [1.807, 2.05) is 42.5 Å². The van der Waals surface area contributed by atoms with Gasteiger partial charge in [-0.3, -0.25) is 4.79 Å². The fraction of sp³-hybridized carbons (Fsp3) is 0.227. The molecule has 0 bridgehead atoms. The smallest absolute Gasteiger partial charge is 0.287 e. The molecule has 1 aliphatic heterocycles. The molecule has 1 amide bonds. The van der Waals surface area contributed by atoms with Crippen molar-refractivity contribution >= 4 is 21.8 Å². The van der Waals surface area contributed by atoms with Gasteiger partial charge in [-0.05, 0) is 76.3 Å². The summed E-state index contributed by atoms with van der Waals surface area (Å²) in [6.45, 7) is 0.234. The summed E-state index contributed by atoms with van der Waals surface area (Å²) in [4.78, 5) is 12.6. The van der Waals surface area contributed by atoms with Gasteiger partial charge in [-0.15, -0.1) is 0 Å². The molecule has 150 valence electrons. The standard InChI is InChI=1S/C22H20BrNO5/c1-26-17-5-2-14(3-6-17)10-16(24-22(25)19-8-9-21(23)29-19)11-15-4-7-18-20(12-15)28-13-27-18/h2-9,12,16H,10-11,13H2,1H3,(H,24,25). The molecule has 1 atom stereocenters. The summed E-state index contributed by atoms with van der Waals surface area (Å²) in [6, 6.07) is 16.9. The first kappa shape index (κ1) is 19.4. The number of hydrogen-bond donors (Lipinski definition) is 1. The van der Waals surface area contributed by atoms with Gasteiger partial charge in [0.05, 0.1) is 7.11 Å². The Hall–Kier alpha value is -2.93. The third kappa shape index (κ3) is 4.74. The fourth-order valence-corrected chi connectivity index (χ4v) is 3.57. The molecular formula is C22H20BrNO5. The van der Waals surface area contributed by atoms with Gasteiger partial charge in [0.15, 0.2) is 21.9 Å². The van der Waals surface area contributed by atoms with Gasteiger partial charge in [0.2, 0.25) is 6.79 Å². The second-order valence-electron chi connectivity index (χ2n) is 6.72.